The van der Waals surface area contributed by atoms with Crippen LogP contribution >= 0.6 is 0 Å². The molecule has 9 aromatic rings. The summed E-state index contributed by atoms with van der Waals surface area (Å²) < 4.78 is 2.44. The Morgan fingerprint density at radius 3 is 1.35 bits per heavy atom. The van der Waals surface area contributed by atoms with E-state index in [2.05, 4.69) is 217 Å². The Kier molecular flexibility index (Phi) is 7.98. The van der Waals surface area contributed by atoms with Crippen LogP contribution in [0.5, 0.6) is 0 Å². The first-order chi connectivity index (χ1) is 25.6. The van der Waals surface area contributed by atoms with Gasteiger partial charge in [0.2, 0.25) is 0 Å². The van der Waals surface area contributed by atoms with Crippen molar-refractivity contribution in [2.24, 2.45) is 0 Å². The highest BCUT2D eigenvalue weighted by Gasteiger charge is 2.18. The number of anilines is 3. The van der Waals surface area contributed by atoms with Crippen LogP contribution in [0.25, 0.3) is 60.9 Å². The van der Waals surface area contributed by atoms with E-state index in [0.29, 0.717) is 0 Å². The lowest BCUT2D eigenvalue weighted by Crippen LogP contribution is -2.10. The average Bonchev–Trinajstić information content (AvgIpc) is 3.51. The molecule has 0 aliphatic rings. The zero-order chi connectivity index (χ0) is 35.0. The van der Waals surface area contributed by atoms with Gasteiger partial charge in [0.15, 0.2) is 0 Å². The van der Waals surface area contributed by atoms with Gasteiger partial charge in [-0.2, -0.15) is 0 Å². The van der Waals surface area contributed by atoms with Crippen LogP contribution in [-0.2, 0) is 0 Å². The Morgan fingerprint density at radius 2 is 0.808 bits per heavy atom. The van der Waals surface area contributed by atoms with E-state index in [9.17, 15) is 0 Å². The Hall–Kier alpha value is -6.64. The maximum atomic E-state index is 2.44. The highest BCUT2D eigenvalue weighted by atomic mass is 15.1. The first kappa shape index (κ1) is 31.3. The van der Waals surface area contributed by atoms with E-state index in [-0.39, 0.29) is 0 Å². The molecule has 0 bridgehead atoms. The summed E-state index contributed by atoms with van der Waals surface area (Å²) >= 11 is 0. The number of hydrogen-bond donors (Lipinski definition) is 0. The SMILES string of the molecule is Cc1ccc2c(c1)c1cc(C)ccc1n2-c1ccccc1-c1cccc(N(c2ccc(-c3ccccc3)cc2)c2ccc(-c3ccccc3)cc2)c1. The lowest BCUT2D eigenvalue weighted by molar-refractivity contribution is 1.18. The largest absolute Gasteiger partial charge is 0.310 e. The fourth-order valence-electron chi connectivity index (χ4n) is 7.55. The van der Waals surface area contributed by atoms with Gasteiger partial charge in [-0.3, -0.25) is 0 Å². The number of rotatable bonds is 7. The maximum absolute atomic E-state index is 2.44. The number of hydrogen-bond acceptors (Lipinski definition) is 1. The zero-order valence-electron chi connectivity index (χ0n) is 29.4. The van der Waals surface area contributed by atoms with Crippen LogP contribution in [0.2, 0.25) is 0 Å². The predicted molar refractivity (Wildman–Crippen MR) is 221 cm³/mol. The Balaban J connectivity index is 1.18. The maximum Gasteiger partial charge on any atom is 0.0541 e. The molecular weight excluding hydrogens is 629 g/mol. The highest BCUT2D eigenvalue weighted by Crippen LogP contribution is 2.41. The van der Waals surface area contributed by atoms with E-state index in [4.69, 9.17) is 0 Å². The third kappa shape index (κ3) is 5.75. The van der Waals surface area contributed by atoms with E-state index >= 15 is 0 Å². The molecule has 1 aromatic heterocycles. The minimum Gasteiger partial charge on any atom is -0.310 e. The van der Waals surface area contributed by atoms with Crippen molar-refractivity contribution >= 4 is 38.9 Å². The van der Waals surface area contributed by atoms with Crippen molar-refractivity contribution in [2.75, 3.05) is 4.90 Å². The van der Waals surface area contributed by atoms with Crippen LogP contribution in [0.3, 0.4) is 0 Å². The van der Waals surface area contributed by atoms with Crippen molar-refractivity contribution in [3.05, 3.63) is 205 Å². The molecule has 0 N–H and O–H groups in total. The first-order valence-corrected chi connectivity index (χ1v) is 17.9. The molecule has 0 radical (unpaired) electrons. The van der Waals surface area contributed by atoms with Gasteiger partial charge in [-0.1, -0.05) is 139 Å². The van der Waals surface area contributed by atoms with Crippen LogP contribution in [-0.4, -0.2) is 4.57 Å². The number of aryl methyl sites for hydroxylation is 2. The molecule has 0 saturated heterocycles. The van der Waals surface area contributed by atoms with Crippen molar-refractivity contribution < 1.29 is 0 Å². The van der Waals surface area contributed by atoms with Crippen LogP contribution in [0.4, 0.5) is 17.1 Å². The zero-order valence-corrected chi connectivity index (χ0v) is 29.4. The van der Waals surface area contributed by atoms with Gasteiger partial charge >= 0.3 is 0 Å². The molecule has 2 heteroatoms. The molecule has 0 atom stereocenters. The van der Waals surface area contributed by atoms with E-state index in [1.54, 1.807) is 0 Å². The van der Waals surface area contributed by atoms with Crippen molar-refractivity contribution in [1.82, 2.24) is 4.57 Å². The Labute approximate surface area is 305 Å². The molecule has 8 aromatic carbocycles. The lowest BCUT2D eigenvalue weighted by Gasteiger charge is -2.27. The Bertz CT molecular complexity index is 2530. The Morgan fingerprint density at radius 1 is 0.346 bits per heavy atom. The van der Waals surface area contributed by atoms with Crippen molar-refractivity contribution in [3.63, 3.8) is 0 Å². The van der Waals surface area contributed by atoms with E-state index in [0.717, 1.165) is 22.6 Å². The molecule has 0 amide bonds. The number of aromatic nitrogens is 1. The van der Waals surface area contributed by atoms with Crippen molar-refractivity contribution in [3.8, 4) is 39.1 Å². The second-order valence-corrected chi connectivity index (χ2v) is 13.6. The molecular formula is C50H38N2. The van der Waals surface area contributed by atoms with Crippen LogP contribution in [0.15, 0.2) is 194 Å². The van der Waals surface area contributed by atoms with Gasteiger partial charge in [0, 0.05) is 33.4 Å². The van der Waals surface area contributed by atoms with Gasteiger partial charge in [-0.05, 0) is 108 Å². The van der Waals surface area contributed by atoms with Gasteiger partial charge in [-0.25, -0.2) is 0 Å². The monoisotopic (exact) mass is 666 g/mol. The molecule has 0 saturated carbocycles. The van der Waals surface area contributed by atoms with Crippen LogP contribution < -0.4 is 4.90 Å². The van der Waals surface area contributed by atoms with Crippen LogP contribution in [0, 0.1) is 13.8 Å². The summed E-state index contributed by atoms with van der Waals surface area (Å²) in [5, 5.41) is 2.57. The van der Waals surface area contributed by atoms with E-state index in [1.807, 2.05) is 0 Å². The summed E-state index contributed by atoms with van der Waals surface area (Å²) in [6, 6.07) is 70.4. The smallest absolute Gasteiger partial charge is 0.0541 e. The second-order valence-electron chi connectivity index (χ2n) is 13.6. The third-order valence-electron chi connectivity index (χ3n) is 10.1. The minimum absolute atomic E-state index is 1.10. The summed E-state index contributed by atoms with van der Waals surface area (Å²) in [4.78, 5) is 2.36. The minimum atomic E-state index is 1.10. The van der Waals surface area contributed by atoms with Crippen molar-refractivity contribution in [1.29, 1.82) is 0 Å². The number of para-hydroxylation sites is 1. The molecule has 52 heavy (non-hydrogen) atoms. The van der Waals surface area contributed by atoms with Gasteiger partial charge < -0.3 is 9.47 Å². The average molecular weight is 667 g/mol. The standard InChI is InChI=1S/C50H38N2/c1-35-20-30-49-46(32-35)47-33-36(2)21-31-50(47)52(49)48-19-10-9-18-45(48)41-16-11-17-44(34-41)51(42-26-22-39(23-27-42)37-12-5-3-6-13-37)43-28-24-40(25-29-43)38-14-7-4-8-15-38/h3-34H,1-2H3. The number of fused-ring (bicyclic) bond motifs is 3. The predicted octanol–water partition coefficient (Wildman–Crippen LogP) is 13.9. The van der Waals surface area contributed by atoms with Gasteiger partial charge in [-0.15, -0.1) is 0 Å². The number of benzene rings is 8. The fraction of sp³-hybridized carbons (Fsp3) is 0.0400. The fourth-order valence-corrected chi connectivity index (χ4v) is 7.55. The van der Waals surface area contributed by atoms with Crippen LogP contribution in [0.1, 0.15) is 11.1 Å². The van der Waals surface area contributed by atoms with E-state index in [1.165, 1.54) is 66.4 Å². The molecule has 0 unspecified atom stereocenters. The lowest BCUT2D eigenvalue weighted by atomic mass is 10.0. The molecule has 0 fully saturated rings. The van der Waals surface area contributed by atoms with E-state index < -0.39 is 0 Å². The summed E-state index contributed by atoms with van der Waals surface area (Å²) in [5.74, 6) is 0. The van der Waals surface area contributed by atoms with Gasteiger partial charge in [0.25, 0.3) is 0 Å². The topological polar surface area (TPSA) is 8.17 Å². The molecule has 2 nitrogen and oxygen atoms in total. The van der Waals surface area contributed by atoms with Gasteiger partial charge in [0.1, 0.15) is 0 Å². The summed E-state index contributed by atoms with van der Waals surface area (Å²) in [6.45, 7) is 4.35. The van der Waals surface area contributed by atoms with Gasteiger partial charge in [0.05, 0.1) is 16.7 Å². The van der Waals surface area contributed by atoms with Crippen molar-refractivity contribution in [2.45, 2.75) is 13.8 Å². The summed E-state index contributed by atoms with van der Waals surface area (Å²) in [5.41, 5.74) is 16.6. The first-order valence-electron chi connectivity index (χ1n) is 17.9. The third-order valence-corrected chi connectivity index (χ3v) is 10.1. The molecule has 0 aliphatic heterocycles. The molecule has 9 rings (SSSR count). The summed E-state index contributed by atoms with van der Waals surface area (Å²) in [7, 11) is 0. The second kappa shape index (κ2) is 13.2. The summed E-state index contributed by atoms with van der Waals surface area (Å²) in [6.07, 6.45) is 0. The normalized spacial score (nSPS) is 11.3. The molecule has 0 aliphatic carbocycles. The highest BCUT2D eigenvalue weighted by molar-refractivity contribution is 6.10. The quantitative estimate of drug-likeness (QED) is 0.164. The molecule has 0 spiro atoms. The molecule has 1 heterocycles. The molecule has 248 valence electrons. The number of nitrogens with zero attached hydrogens (tertiary/aromatic N) is 2.